The summed E-state index contributed by atoms with van der Waals surface area (Å²) in [5.74, 6) is 1.32. The minimum Gasteiger partial charge on any atom is -0.485 e. The number of rotatable bonds is 6. The number of para-hydroxylation sites is 2. The molecule has 7 nitrogen and oxygen atoms in total. The van der Waals surface area contributed by atoms with Crippen LogP contribution in [0.5, 0.6) is 11.5 Å². The molecule has 2 aliphatic heterocycles. The highest BCUT2D eigenvalue weighted by Gasteiger charge is 2.36. The molecule has 0 saturated carbocycles. The molecule has 1 fully saturated rings. The number of hydrogen-bond acceptors (Lipinski definition) is 5. The lowest BCUT2D eigenvalue weighted by molar-refractivity contribution is -0.144. The quantitative estimate of drug-likeness (QED) is 0.695. The van der Waals surface area contributed by atoms with Crippen LogP contribution in [-0.2, 0) is 9.59 Å². The second kappa shape index (κ2) is 10.0. The summed E-state index contributed by atoms with van der Waals surface area (Å²) in [5, 5.41) is 0. The van der Waals surface area contributed by atoms with Crippen LogP contribution in [0, 0.1) is 0 Å². The maximum atomic E-state index is 13.4. The molecule has 0 aliphatic carbocycles. The third-order valence-electron chi connectivity index (χ3n) is 6.20. The molecule has 0 bridgehead atoms. The largest absolute Gasteiger partial charge is 0.485 e. The van der Waals surface area contributed by atoms with E-state index in [4.69, 9.17) is 9.47 Å². The maximum absolute atomic E-state index is 13.4. The van der Waals surface area contributed by atoms with Gasteiger partial charge in [-0.3, -0.25) is 14.5 Å². The fraction of sp³-hybridized carbons (Fsp3) is 0.440. The molecule has 2 aromatic carbocycles. The van der Waals surface area contributed by atoms with Gasteiger partial charge in [-0.2, -0.15) is 0 Å². The number of hydrogen-bond donors (Lipinski definition) is 0. The van der Waals surface area contributed by atoms with Gasteiger partial charge in [0.05, 0.1) is 0 Å². The van der Waals surface area contributed by atoms with E-state index in [0.717, 1.165) is 5.56 Å². The van der Waals surface area contributed by atoms with E-state index in [1.54, 1.807) is 0 Å². The number of piperazine rings is 1. The molecule has 0 unspecified atom stereocenters. The maximum Gasteiger partial charge on any atom is 0.267 e. The van der Waals surface area contributed by atoms with Gasteiger partial charge in [0.2, 0.25) is 12.0 Å². The summed E-state index contributed by atoms with van der Waals surface area (Å²) >= 11 is 0. The molecule has 0 aromatic heterocycles. The lowest BCUT2D eigenvalue weighted by atomic mass is 10.0. The van der Waals surface area contributed by atoms with Crippen molar-refractivity contribution in [2.24, 2.45) is 0 Å². The van der Waals surface area contributed by atoms with E-state index in [9.17, 15) is 9.59 Å². The number of benzene rings is 2. The Morgan fingerprint density at radius 1 is 0.938 bits per heavy atom. The Kier molecular flexibility index (Phi) is 6.95. The predicted molar refractivity (Wildman–Crippen MR) is 122 cm³/mol. The van der Waals surface area contributed by atoms with E-state index in [2.05, 4.69) is 4.90 Å². The van der Waals surface area contributed by atoms with E-state index in [1.165, 1.54) is 0 Å². The first-order valence-corrected chi connectivity index (χ1v) is 11.4. The molecule has 2 aliphatic rings. The van der Waals surface area contributed by atoms with Gasteiger partial charge in [0, 0.05) is 39.3 Å². The Morgan fingerprint density at radius 3 is 2.22 bits per heavy atom. The fourth-order valence-electron chi connectivity index (χ4n) is 4.40. The van der Waals surface area contributed by atoms with Crippen molar-refractivity contribution in [1.29, 1.82) is 0 Å². The van der Waals surface area contributed by atoms with Crippen molar-refractivity contribution >= 4 is 11.8 Å². The SMILES string of the molecule is CCN(CC)C(=O)[C@@H](c1ccccc1)N1CCN(C(=O)[C@@H]2COc3ccccc3O2)CC1. The molecule has 2 heterocycles. The van der Waals surface area contributed by atoms with Crippen molar-refractivity contribution in [3.63, 3.8) is 0 Å². The molecular weight excluding hydrogens is 406 g/mol. The molecule has 2 aromatic rings. The lowest BCUT2D eigenvalue weighted by Crippen LogP contribution is -2.56. The predicted octanol–water partition coefficient (Wildman–Crippen LogP) is 2.58. The summed E-state index contributed by atoms with van der Waals surface area (Å²) < 4.78 is 11.6. The summed E-state index contributed by atoms with van der Waals surface area (Å²) in [4.78, 5) is 32.3. The van der Waals surface area contributed by atoms with Gasteiger partial charge in [-0.05, 0) is 31.5 Å². The van der Waals surface area contributed by atoms with Crippen LogP contribution in [0.25, 0.3) is 0 Å². The van der Waals surface area contributed by atoms with Gasteiger partial charge in [-0.1, -0.05) is 42.5 Å². The average molecular weight is 438 g/mol. The van der Waals surface area contributed by atoms with E-state index < -0.39 is 6.10 Å². The highest BCUT2D eigenvalue weighted by atomic mass is 16.6. The Morgan fingerprint density at radius 2 is 1.56 bits per heavy atom. The van der Waals surface area contributed by atoms with E-state index in [0.29, 0.717) is 50.8 Å². The van der Waals surface area contributed by atoms with Crippen molar-refractivity contribution in [1.82, 2.24) is 14.7 Å². The van der Waals surface area contributed by atoms with Crippen LogP contribution in [0.1, 0.15) is 25.5 Å². The Labute approximate surface area is 189 Å². The van der Waals surface area contributed by atoms with Crippen molar-refractivity contribution in [2.45, 2.75) is 26.0 Å². The number of ether oxygens (including phenoxy) is 2. The van der Waals surface area contributed by atoms with Crippen molar-refractivity contribution in [3.8, 4) is 11.5 Å². The molecule has 7 heteroatoms. The van der Waals surface area contributed by atoms with Crippen LogP contribution in [0.15, 0.2) is 54.6 Å². The van der Waals surface area contributed by atoms with Gasteiger partial charge < -0.3 is 19.3 Å². The molecular formula is C25H31N3O4. The van der Waals surface area contributed by atoms with Crippen LogP contribution in [0.2, 0.25) is 0 Å². The van der Waals surface area contributed by atoms with Crippen molar-refractivity contribution in [3.05, 3.63) is 60.2 Å². The van der Waals surface area contributed by atoms with Gasteiger partial charge in [0.1, 0.15) is 12.6 Å². The molecule has 1 saturated heterocycles. The van der Waals surface area contributed by atoms with Crippen molar-refractivity contribution in [2.75, 3.05) is 45.9 Å². The van der Waals surface area contributed by atoms with E-state index >= 15 is 0 Å². The molecule has 170 valence electrons. The zero-order chi connectivity index (χ0) is 22.5. The topological polar surface area (TPSA) is 62.3 Å². The first kappa shape index (κ1) is 22.1. The van der Waals surface area contributed by atoms with E-state index in [1.807, 2.05) is 78.2 Å². The zero-order valence-electron chi connectivity index (χ0n) is 18.8. The highest BCUT2D eigenvalue weighted by molar-refractivity contribution is 5.84. The molecule has 32 heavy (non-hydrogen) atoms. The van der Waals surface area contributed by atoms with Crippen LogP contribution in [0.4, 0.5) is 0 Å². The average Bonchev–Trinajstić information content (AvgIpc) is 2.85. The number of carbonyl (C=O) groups excluding carboxylic acids is 2. The minimum absolute atomic E-state index is 0.0644. The van der Waals surface area contributed by atoms with Crippen LogP contribution in [-0.4, -0.2) is 78.5 Å². The van der Waals surface area contributed by atoms with Gasteiger partial charge in [0.15, 0.2) is 11.5 Å². The monoisotopic (exact) mass is 437 g/mol. The molecule has 0 radical (unpaired) electrons. The van der Waals surface area contributed by atoms with Gasteiger partial charge in [-0.15, -0.1) is 0 Å². The van der Waals surface area contributed by atoms with Crippen molar-refractivity contribution < 1.29 is 19.1 Å². The van der Waals surface area contributed by atoms with Gasteiger partial charge >= 0.3 is 0 Å². The standard InChI is InChI=1S/C25H31N3O4/c1-3-26(4-2)25(30)23(19-10-6-5-7-11-19)27-14-16-28(17-15-27)24(29)22-18-31-20-12-8-9-13-21(20)32-22/h5-13,22-23H,3-4,14-18H2,1-2H3/t22-,23+/m0/s1. The number of likely N-dealkylation sites (N-methyl/N-ethyl adjacent to an activating group) is 1. The Bertz CT molecular complexity index is 924. The first-order chi connectivity index (χ1) is 15.6. The number of carbonyl (C=O) groups is 2. The molecule has 4 rings (SSSR count). The number of amides is 2. The second-order valence-corrected chi connectivity index (χ2v) is 8.05. The summed E-state index contributed by atoms with van der Waals surface area (Å²) in [6.07, 6.45) is -0.640. The lowest BCUT2D eigenvalue weighted by Gasteiger charge is -2.41. The molecule has 2 amide bonds. The number of nitrogens with zero attached hydrogens (tertiary/aromatic N) is 3. The Hall–Kier alpha value is -3.06. The Balaban J connectivity index is 1.43. The second-order valence-electron chi connectivity index (χ2n) is 8.05. The minimum atomic E-state index is -0.640. The molecule has 0 spiro atoms. The number of fused-ring (bicyclic) bond motifs is 1. The third kappa shape index (κ3) is 4.58. The first-order valence-electron chi connectivity index (χ1n) is 11.4. The molecule has 0 N–H and O–H groups in total. The summed E-state index contributed by atoms with van der Waals surface area (Å²) in [7, 11) is 0. The zero-order valence-corrected chi connectivity index (χ0v) is 18.8. The highest BCUT2D eigenvalue weighted by Crippen LogP contribution is 2.31. The smallest absolute Gasteiger partial charge is 0.267 e. The van der Waals surface area contributed by atoms with Gasteiger partial charge in [-0.25, -0.2) is 0 Å². The van der Waals surface area contributed by atoms with Gasteiger partial charge in [0.25, 0.3) is 5.91 Å². The summed E-state index contributed by atoms with van der Waals surface area (Å²) in [6.45, 7) is 7.93. The summed E-state index contributed by atoms with van der Waals surface area (Å²) in [6, 6.07) is 17.0. The van der Waals surface area contributed by atoms with Crippen LogP contribution in [0.3, 0.4) is 0 Å². The summed E-state index contributed by atoms with van der Waals surface area (Å²) in [5.41, 5.74) is 0.991. The normalized spacial score (nSPS) is 19.3. The van der Waals surface area contributed by atoms with E-state index in [-0.39, 0.29) is 24.5 Å². The molecule has 2 atom stereocenters. The third-order valence-corrected chi connectivity index (χ3v) is 6.20. The van der Waals surface area contributed by atoms with Crippen LogP contribution >= 0.6 is 0 Å². The van der Waals surface area contributed by atoms with Crippen LogP contribution < -0.4 is 9.47 Å². The fourth-order valence-corrected chi connectivity index (χ4v) is 4.40.